The highest BCUT2D eigenvalue weighted by Gasteiger charge is 2.23. The van der Waals surface area contributed by atoms with E-state index in [-0.39, 0.29) is 5.44 Å². The summed E-state index contributed by atoms with van der Waals surface area (Å²) in [4.78, 5) is 0. The Balaban J connectivity index is 2.14. The molecule has 0 aliphatic carbocycles. The maximum Gasteiger partial charge on any atom is 0.128 e. The molecular formula is C11H11NOS. The summed E-state index contributed by atoms with van der Waals surface area (Å²) in [6, 6.07) is 9.71. The predicted molar refractivity (Wildman–Crippen MR) is 56.9 cm³/mol. The molecule has 0 spiro atoms. The maximum absolute atomic E-state index is 8.65. The van der Waals surface area contributed by atoms with E-state index in [1.807, 2.05) is 36.0 Å². The van der Waals surface area contributed by atoms with Gasteiger partial charge in [0.2, 0.25) is 0 Å². The van der Waals surface area contributed by atoms with Gasteiger partial charge < -0.3 is 4.74 Å². The molecule has 0 unspecified atom stereocenters. The number of hydrogen-bond donors (Lipinski definition) is 0. The third-order valence-electron chi connectivity index (χ3n) is 2.15. The lowest BCUT2D eigenvalue weighted by molar-refractivity contribution is 0.0789. The molecule has 14 heavy (non-hydrogen) atoms. The second-order valence-corrected chi connectivity index (χ2v) is 4.44. The van der Waals surface area contributed by atoms with E-state index in [0.717, 1.165) is 11.3 Å². The summed E-state index contributed by atoms with van der Waals surface area (Å²) >= 11 is 1.81. The second kappa shape index (κ2) is 4.04. The van der Waals surface area contributed by atoms with Gasteiger partial charge in [0.25, 0.3) is 0 Å². The van der Waals surface area contributed by atoms with Crippen molar-refractivity contribution in [3.05, 3.63) is 35.4 Å². The number of rotatable bonds is 1. The largest absolute Gasteiger partial charge is 0.359 e. The first-order valence-electron chi connectivity index (χ1n) is 4.57. The molecule has 1 aromatic carbocycles. The van der Waals surface area contributed by atoms with Gasteiger partial charge in [0.15, 0.2) is 0 Å². The van der Waals surface area contributed by atoms with Crippen LogP contribution in [0.5, 0.6) is 0 Å². The van der Waals surface area contributed by atoms with E-state index >= 15 is 0 Å². The monoisotopic (exact) mass is 205 g/mol. The zero-order chi connectivity index (χ0) is 9.97. The van der Waals surface area contributed by atoms with Crippen LogP contribution in [0.1, 0.15) is 23.5 Å². The third kappa shape index (κ3) is 1.92. The van der Waals surface area contributed by atoms with Crippen molar-refractivity contribution in [3.63, 3.8) is 0 Å². The van der Waals surface area contributed by atoms with Crippen molar-refractivity contribution in [1.82, 2.24) is 0 Å². The van der Waals surface area contributed by atoms with Crippen molar-refractivity contribution in [2.45, 2.75) is 18.5 Å². The summed E-state index contributed by atoms with van der Waals surface area (Å²) < 4.78 is 5.70. The molecule has 1 fully saturated rings. The minimum atomic E-state index is 0.151. The van der Waals surface area contributed by atoms with Gasteiger partial charge in [-0.1, -0.05) is 12.1 Å². The van der Waals surface area contributed by atoms with E-state index in [1.54, 1.807) is 0 Å². The van der Waals surface area contributed by atoms with Gasteiger partial charge in [0, 0.05) is 5.75 Å². The van der Waals surface area contributed by atoms with E-state index in [0.29, 0.717) is 11.7 Å². The molecule has 3 heteroatoms. The quantitative estimate of drug-likeness (QED) is 0.706. The molecule has 1 saturated heterocycles. The van der Waals surface area contributed by atoms with Crippen LogP contribution in [0.3, 0.4) is 0 Å². The minimum absolute atomic E-state index is 0.151. The smallest absolute Gasteiger partial charge is 0.128 e. The second-order valence-electron chi connectivity index (χ2n) is 3.35. The summed E-state index contributed by atoms with van der Waals surface area (Å²) in [5.41, 5.74) is 2.00. The van der Waals surface area contributed by atoms with E-state index in [1.165, 1.54) is 0 Å². The fraction of sp³-hybridized carbons (Fsp3) is 0.364. The molecule has 1 heterocycles. The Labute approximate surface area is 87.9 Å². The first-order valence-corrected chi connectivity index (χ1v) is 5.61. The van der Waals surface area contributed by atoms with Crippen molar-refractivity contribution >= 4 is 11.8 Å². The highest BCUT2D eigenvalue weighted by Crippen LogP contribution is 2.37. The molecule has 0 aromatic heterocycles. The predicted octanol–water partition coefficient (Wildman–Crippen LogP) is 2.71. The van der Waals surface area contributed by atoms with Crippen LogP contribution in [-0.2, 0) is 4.74 Å². The highest BCUT2D eigenvalue weighted by atomic mass is 32.2. The number of hydrogen-bond acceptors (Lipinski definition) is 3. The zero-order valence-corrected chi connectivity index (χ0v) is 8.75. The van der Waals surface area contributed by atoms with Gasteiger partial charge >= 0.3 is 0 Å². The van der Waals surface area contributed by atoms with Crippen LogP contribution >= 0.6 is 11.8 Å². The van der Waals surface area contributed by atoms with E-state index in [2.05, 4.69) is 13.0 Å². The van der Waals surface area contributed by atoms with Crippen LogP contribution in [0.4, 0.5) is 0 Å². The number of nitrogens with zero attached hydrogens (tertiary/aromatic N) is 1. The normalized spacial score (nSPS) is 26.0. The fourth-order valence-electron chi connectivity index (χ4n) is 1.40. The summed E-state index contributed by atoms with van der Waals surface area (Å²) in [6.45, 7) is 2.08. The molecule has 0 saturated carbocycles. The van der Waals surface area contributed by atoms with Crippen molar-refractivity contribution in [2.75, 3.05) is 5.75 Å². The van der Waals surface area contributed by atoms with Gasteiger partial charge in [0.1, 0.15) is 5.44 Å². The lowest BCUT2D eigenvalue weighted by Gasteiger charge is -2.09. The summed E-state index contributed by atoms with van der Waals surface area (Å²) in [5, 5.41) is 8.65. The zero-order valence-electron chi connectivity index (χ0n) is 7.93. The van der Waals surface area contributed by atoms with E-state index < -0.39 is 0 Å². The van der Waals surface area contributed by atoms with Crippen molar-refractivity contribution in [1.29, 1.82) is 5.26 Å². The van der Waals surface area contributed by atoms with Crippen LogP contribution in [0, 0.1) is 11.3 Å². The number of benzene rings is 1. The van der Waals surface area contributed by atoms with Gasteiger partial charge in [-0.15, -0.1) is 11.8 Å². The van der Waals surface area contributed by atoms with Crippen LogP contribution in [0.25, 0.3) is 0 Å². The Morgan fingerprint density at radius 2 is 2.14 bits per heavy atom. The summed E-state index contributed by atoms with van der Waals surface area (Å²) in [5.74, 6) is 1.05. The molecule has 0 radical (unpaired) electrons. The third-order valence-corrected chi connectivity index (χ3v) is 3.50. The van der Waals surface area contributed by atoms with Gasteiger partial charge in [-0.25, -0.2) is 0 Å². The standard InChI is InChI=1S/C11H11NOS/c1-8-7-14-11(13-8)10-4-2-9(6-12)3-5-10/h2-5,8,11H,7H2,1H3/t8-,11+/m1/s1. The van der Waals surface area contributed by atoms with Crippen LogP contribution in [0.15, 0.2) is 24.3 Å². The molecule has 2 atom stereocenters. The van der Waals surface area contributed by atoms with Crippen LogP contribution in [0.2, 0.25) is 0 Å². The van der Waals surface area contributed by atoms with E-state index in [4.69, 9.17) is 10.00 Å². The van der Waals surface area contributed by atoms with Gasteiger partial charge in [0.05, 0.1) is 17.7 Å². The Kier molecular flexibility index (Phi) is 2.76. The Morgan fingerprint density at radius 1 is 1.43 bits per heavy atom. The molecule has 72 valence electrons. The first-order chi connectivity index (χ1) is 6.79. The molecular weight excluding hydrogens is 194 g/mol. The Morgan fingerprint density at radius 3 is 2.64 bits per heavy atom. The Bertz CT molecular complexity index is 355. The average Bonchev–Trinajstić information content (AvgIpc) is 2.65. The number of ether oxygens (including phenoxy) is 1. The lowest BCUT2D eigenvalue weighted by atomic mass is 10.1. The molecule has 1 aliphatic rings. The van der Waals surface area contributed by atoms with Gasteiger partial charge in [-0.05, 0) is 24.6 Å². The minimum Gasteiger partial charge on any atom is -0.359 e. The average molecular weight is 205 g/mol. The Hall–Kier alpha value is -0.980. The molecule has 0 N–H and O–H groups in total. The topological polar surface area (TPSA) is 33.0 Å². The van der Waals surface area contributed by atoms with Crippen molar-refractivity contribution in [3.8, 4) is 6.07 Å². The first kappa shape index (κ1) is 9.57. The van der Waals surface area contributed by atoms with E-state index in [9.17, 15) is 0 Å². The van der Waals surface area contributed by atoms with Crippen molar-refractivity contribution in [2.24, 2.45) is 0 Å². The fourth-order valence-corrected chi connectivity index (χ4v) is 2.54. The van der Waals surface area contributed by atoms with Crippen LogP contribution in [-0.4, -0.2) is 11.9 Å². The SMILES string of the molecule is C[C@@H]1CS[C@@H](c2ccc(C#N)cc2)O1. The number of nitriles is 1. The number of thioether (sulfide) groups is 1. The molecule has 1 aliphatic heterocycles. The molecule has 0 bridgehead atoms. The molecule has 2 rings (SSSR count). The van der Waals surface area contributed by atoms with Crippen molar-refractivity contribution < 1.29 is 4.74 Å². The molecule has 1 aromatic rings. The summed E-state index contributed by atoms with van der Waals surface area (Å²) in [6.07, 6.45) is 0.334. The molecule has 2 nitrogen and oxygen atoms in total. The maximum atomic E-state index is 8.65. The van der Waals surface area contributed by atoms with Crippen LogP contribution < -0.4 is 0 Å². The lowest BCUT2D eigenvalue weighted by Crippen LogP contribution is -2.02. The summed E-state index contributed by atoms with van der Waals surface area (Å²) in [7, 11) is 0. The van der Waals surface area contributed by atoms with Gasteiger partial charge in [-0.3, -0.25) is 0 Å². The molecule has 0 amide bonds. The van der Waals surface area contributed by atoms with Gasteiger partial charge in [-0.2, -0.15) is 5.26 Å². The highest BCUT2D eigenvalue weighted by molar-refractivity contribution is 7.99.